The van der Waals surface area contributed by atoms with Crippen LogP contribution >= 0.6 is 11.3 Å². The first-order valence-electron chi connectivity index (χ1n) is 6.56. The predicted octanol–water partition coefficient (Wildman–Crippen LogP) is 2.67. The second-order valence-electron chi connectivity index (χ2n) is 5.29. The lowest BCUT2D eigenvalue weighted by Crippen LogP contribution is -2.14. The number of hydrogen-bond donors (Lipinski definition) is 1. The minimum Gasteiger partial charge on any atom is -0.297 e. The van der Waals surface area contributed by atoms with E-state index in [9.17, 15) is 13.2 Å². The first-order chi connectivity index (χ1) is 10.3. The lowest BCUT2D eigenvalue weighted by Gasteiger charge is -2.06. The summed E-state index contributed by atoms with van der Waals surface area (Å²) in [7, 11) is -3.55. The Hall–Kier alpha value is -1.99. The molecule has 3 aromatic rings. The van der Waals surface area contributed by atoms with Gasteiger partial charge >= 0.3 is 0 Å². The molecule has 0 aliphatic heterocycles. The van der Waals surface area contributed by atoms with Gasteiger partial charge in [0.2, 0.25) is 15.0 Å². The summed E-state index contributed by atoms with van der Waals surface area (Å²) in [6.07, 6.45) is 1.02. The molecular weight excluding hydrogens is 320 g/mol. The maximum Gasteiger partial charge on any atom is 0.261 e. The van der Waals surface area contributed by atoms with E-state index in [-0.39, 0.29) is 5.16 Å². The van der Waals surface area contributed by atoms with Gasteiger partial charge in [-0.15, -0.1) is 11.3 Å². The summed E-state index contributed by atoms with van der Waals surface area (Å²) in [6.45, 7) is 3.99. The molecule has 114 valence electrons. The van der Waals surface area contributed by atoms with Crippen molar-refractivity contribution in [3.05, 3.63) is 45.1 Å². The minimum atomic E-state index is -3.55. The molecule has 7 heteroatoms. The fourth-order valence-electron chi connectivity index (χ4n) is 2.42. The normalized spacial score (nSPS) is 12.0. The monoisotopic (exact) mass is 334 g/mol. The van der Waals surface area contributed by atoms with Gasteiger partial charge in [-0.1, -0.05) is 23.8 Å². The third kappa shape index (κ3) is 2.46. The Morgan fingerprint density at radius 1 is 1.18 bits per heavy atom. The molecule has 22 heavy (non-hydrogen) atoms. The molecule has 0 radical (unpaired) electrons. The fraction of sp³-hybridized carbons (Fsp3) is 0.200. The molecule has 2 aromatic heterocycles. The van der Waals surface area contributed by atoms with Crippen LogP contribution in [0.4, 0.5) is 0 Å². The van der Waals surface area contributed by atoms with Crippen molar-refractivity contribution in [2.24, 2.45) is 0 Å². The molecule has 0 aliphatic carbocycles. The Labute approximate surface area is 131 Å². The van der Waals surface area contributed by atoms with E-state index in [2.05, 4.69) is 9.97 Å². The van der Waals surface area contributed by atoms with E-state index < -0.39 is 15.4 Å². The second-order valence-corrected chi connectivity index (χ2v) is 8.08. The van der Waals surface area contributed by atoms with Crippen molar-refractivity contribution >= 4 is 31.4 Å². The van der Waals surface area contributed by atoms with Gasteiger partial charge in [-0.3, -0.25) is 9.78 Å². The first kappa shape index (κ1) is 14.9. The zero-order chi connectivity index (χ0) is 16.1. The van der Waals surface area contributed by atoms with E-state index in [1.54, 1.807) is 0 Å². The third-order valence-corrected chi connectivity index (χ3v) is 5.21. The van der Waals surface area contributed by atoms with E-state index >= 15 is 0 Å². The maximum atomic E-state index is 12.3. The zero-order valence-corrected chi connectivity index (χ0v) is 13.9. The minimum absolute atomic E-state index is 0.293. The Bertz CT molecular complexity index is 1050. The SMILES string of the molecule is Cc1ccc(-c2csc3nc(S(C)(=O)=O)[nH]c(=O)c23)c(C)c1. The number of sulfone groups is 1. The average molecular weight is 334 g/mol. The number of thiophene rings is 1. The molecule has 0 unspecified atom stereocenters. The maximum absolute atomic E-state index is 12.3. The number of aromatic nitrogens is 2. The molecule has 3 rings (SSSR count). The van der Waals surface area contributed by atoms with Gasteiger partial charge < -0.3 is 0 Å². The number of nitrogens with one attached hydrogen (secondary N) is 1. The highest BCUT2D eigenvalue weighted by molar-refractivity contribution is 7.90. The van der Waals surface area contributed by atoms with Crippen LogP contribution in [0.25, 0.3) is 21.3 Å². The van der Waals surface area contributed by atoms with Crippen LogP contribution in [0.3, 0.4) is 0 Å². The van der Waals surface area contributed by atoms with Crippen molar-refractivity contribution in [1.29, 1.82) is 0 Å². The molecule has 2 heterocycles. The summed E-state index contributed by atoms with van der Waals surface area (Å²) >= 11 is 1.27. The Morgan fingerprint density at radius 2 is 1.91 bits per heavy atom. The van der Waals surface area contributed by atoms with Gasteiger partial charge in [-0.25, -0.2) is 13.4 Å². The van der Waals surface area contributed by atoms with Crippen LogP contribution in [0.15, 0.2) is 33.5 Å². The number of H-pyrrole nitrogens is 1. The highest BCUT2D eigenvalue weighted by Crippen LogP contribution is 2.33. The number of hydrogen-bond acceptors (Lipinski definition) is 5. The lowest BCUT2D eigenvalue weighted by molar-refractivity contribution is 0.593. The van der Waals surface area contributed by atoms with Crippen LogP contribution < -0.4 is 5.56 Å². The summed E-state index contributed by atoms with van der Waals surface area (Å²) in [4.78, 5) is 19.2. The van der Waals surface area contributed by atoms with E-state index in [0.29, 0.717) is 10.2 Å². The first-order valence-corrected chi connectivity index (χ1v) is 9.33. The summed E-state index contributed by atoms with van der Waals surface area (Å²) in [6, 6.07) is 6.00. The number of aromatic amines is 1. The zero-order valence-electron chi connectivity index (χ0n) is 12.3. The molecule has 1 aromatic carbocycles. The average Bonchev–Trinajstić information content (AvgIpc) is 2.82. The van der Waals surface area contributed by atoms with Crippen molar-refractivity contribution in [3.63, 3.8) is 0 Å². The number of fused-ring (bicyclic) bond motifs is 1. The van der Waals surface area contributed by atoms with E-state index in [1.165, 1.54) is 11.3 Å². The number of aryl methyl sites for hydroxylation is 2. The fourth-order valence-corrected chi connectivity index (χ4v) is 3.95. The highest BCUT2D eigenvalue weighted by atomic mass is 32.2. The lowest BCUT2D eigenvalue weighted by atomic mass is 9.99. The molecule has 0 amide bonds. The van der Waals surface area contributed by atoms with Crippen LogP contribution in [0.5, 0.6) is 0 Å². The molecule has 0 saturated carbocycles. The van der Waals surface area contributed by atoms with Crippen molar-refractivity contribution in [2.75, 3.05) is 6.26 Å². The van der Waals surface area contributed by atoms with Crippen LogP contribution in [-0.2, 0) is 9.84 Å². The van der Waals surface area contributed by atoms with E-state index in [0.717, 1.165) is 28.5 Å². The number of nitrogens with zero attached hydrogens (tertiary/aromatic N) is 1. The van der Waals surface area contributed by atoms with Gasteiger partial charge in [-0.05, 0) is 25.0 Å². The smallest absolute Gasteiger partial charge is 0.261 e. The summed E-state index contributed by atoms with van der Waals surface area (Å²) in [5, 5.41) is 1.99. The summed E-state index contributed by atoms with van der Waals surface area (Å²) in [5.41, 5.74) is 3.52. The topological polar surface area (TPSA) is 79.9 Å². The molecule has 0 bridgehead atoms. The Kier molecular flexibility index (Phi) is 3.41. The number of rotatable bonds is 2. The van der Waals surface area contributed by atoms with Gasteiger partial charge in [0.05, 0.1) is 5.39 Å². The number of benzene rings is 1. The van der Waals surface area contributed by atoms with E-state index in [1.807, 2.05) is 37.4 Å². The predicted molar refractivity (Wildman–Crippen MR) is 88.3 cm³/mol. The molecule has 1 N–H and O–H groups in total. The molecule has 0 fully saturated rings. The van der Waals surface area contributed by atoms with Crippen molar-refractivity contribution in [3.8, 4) is 11.1 Å². The highest BCUT2D eigenvalue weighted by Gasteiger charge is 2.18. The Balaban J connectivity index is 2.32. The van der Waals surface area contributed by atoms with Crippen molar-refractivity contribution in [2.45, 2.75) is 19.0 Å². The standard InChI is InChI=1S/C15H14N2O3S2/c1-8-4-5-10(9(2)6-8)11-7-21-14-12(11)13(18)16-15(17-14)22(3,19)20/h4-7H,1-3H3,(H,16,17,18). The van der Waals surface area contributed by atoms with Crippen LogP contribution in [-0.4, -0.2) is 24.6 Å². The quantitative estimate of drug-likeness (QED) is 0.731. The molecular formula is C15H14N2O3S2. The Morgan fingerprint density at radius 3 is 2.55 bits per heavy atom. The molecule has 0 saturated heterocycles. The van der Waals surface area contributed by atoms with Crippen LogP contribution in [0.2, 0.25) is 0 Å². The molecule has 0 spiro atoms. The summed E-state index contributed by atoms with van der Waals surface area (Å²) in [5.74, 6) is 0. The molecule has 0 aliphatic rings. The van der Waals surface area contributed by atoms with Crippen molar-refractivity contribution in [1.82, 2.24) is 9.97 Å². The van der Waals surface area contributed by atoms with Crippen LogP contribution in [0.1, 0.15) is 11.1 Å². The van der Waals surface area contributed by atoms with Crippen LogP contribution in [0, 0.1) is 13.8 Å². The largest absolute Gasteiger partial charge is 0.297 e. The van der Waals surface area contributed by atoms with Gasteiger partial charge in [0, 0.05) is 17.2 Å². The van der Waals surface area contributed by atoms with Gasteiger partial charge in [0.25, 0.3) is 5.56 Å². The second kappa shape index (κ2) is 5.03. The molecule has 0 atom stereocenters. The third-order valence-electron chi connectivity index (χ3n) is 3.45. The summed E-state index contributed by atoms with van der Waals surface area (Å²) < 4.78 is 23.1. The van der Waals surface area contributed by atoms with Gasteiger partial charge in [0.15, 0.2) is 0 Å². The van der Waals surface area contributed by atoms with E-state index in [4.69, 9.17) is 0 Å². The van der Waals surface area contributed by atoms with Crippen molar-refractivity contribution < 1.29 is 8.42 Å². The van der Waals surface area contributed by atoms with Gasteiger partial charge in [0.1, 0.15) is 4.83 Å². The van der Waals surface area contributed by atoms with Gasteiger partial charge in [-0.2, -0.15) is 0 Å². The molecule has 5 nitrogen and oxygen atoms in total.